The number of hydrogen-bond acceptors (Lipinski definition) is 4. The zero-order valence-electron chi connectivity index (χ0n) is 19.1. The van der Waals surface area contributed by atoms with Crippen molar-refractivity contribution in [1.82, 2.24) is 14.5 Å². The van der Waals surface area contributed by atoms with Crippen LogP contribution in [0.25, 0.3) is 16.9 Å². The first-order valence-corrected chi connectivity index (χ1v) is 10.7. The summed E-state index contributed by atoms with van der Waals surface area (Å²) in [4.78, 5) is 31.3. The standard InChI is InChI=1S/C25H30N4O3/c1-5-24(31)28(13-14-32-4)17-23(30)27-25-26-22(20-9-7-6-8-10-20)16-29(25)21-12-11-18(2)19(3)15-21/h6-12,15-16H,5,13-14,17H2,1-4H3,(H,26,27,30). The summed E-state index contributed by atoms with van der Waals surface area (Å²) < 4.78 is 6.94. The topological polar surface area (TPSA) is 76.5 Å². The zero-order chi connectivity index (χ0) is 23.1. The number of aromatic nitrogens is 2. The van der Waals surface area contributed by atoms with Gasteiger partial charge in [-0.25, -0.2) is 4.98 Å². The molecule has 3 rings (SSSR count). The molecule has 0 saturated carbocycles. The van der Waals surface area contributed by atoms with E-state index < -0.39 is 0 Å². The lowest BCUT2D eigenvalue weighted by atomic mass is 10.1. The second-order valence-corrected chi connectivity index (χ2v) is 7.66. The smallest absolute Gasteiger partial charge is 0.246 e. The van der Waals surface area contributed by atoms with Gasteiger partial charge in [-0.1, -0.05) is 43.3 Å². The highest BCUT2D eigenvalue weighted by Gasteiger charge is 2.19. The third-order valence-electron chi connectivity index (χ3n) is 5.35. The molecule has 0 spiro atoms. The minimum atomic E-state index is -0.307. The molecule has 1 heterocycles. The van der Waals surface area contributed by atoms with Gasteiger partial charge >= 0.3 is 0 Å². The predicted octanol–water partition coefficient (Wildman–Crippen LogP) is 3.98. The van der Waals surface area contributed by atoms with Gasteiger partial charge < -0.3 is 9.64 Å². The quantitative estimate of drug-likeness (QED) is 0.553. The lowest BCUT2D eigenvalue weighted by Gasteiger charge is -2.21. The number of ether oxygens (including phenoxy) is 1. The first-order valence-electron chi connectivity index (χ1n) is 10.7. The van der Waals surface area contributed by atoms with Crippen molar-refractivity contribution in [3.63, 3.8) is 0 Å². The van der Waals surface area contributed by atoms with Crippen LogP contribution in [0.1, 0.15) is 24.5 Å². The van der Waals surface area contributed by atoms with E-state index in [1.165, 1.54) is 10.5 Å². The van der Waals surface area contributed by atoms with Gasteiger partial charge in [-0.3, -0.25) is 19.5 Å². The fourth-order valence-electron chi connectivity index (χ4n) is 3.34. The van der Waals surface area contributed by atoms with E-state index in [-0.39, 0.29) is 18.4 Å². The lowest BCUT2D eigenvalue weighted by Crippen LogP contribution is -2.39. The summed E-state index contributed by atoms with van der Waals surface area (Å²) in [6.45, 7) is 6.56. The van der Waals surface area contributed by atoms with Gasteiger partial charge in [0.05, 0.1) is 12.3 Å². The molecule has 2 amide bonds. The highest BCUT2D eigenvalue weighted by Crippen LogP contribution is 2.25. The largest absolute Gasteiger partial charge is 0.383 e. The summed E-state index contributed by atoms with van der Waals surface area (Å²) in [5.74, 6) is 0.00520. The molecule has 0 unspecified atom stereocenters. The van der Waals surface area contributed by atoms with E-state index in [0.29, 0.717) is 25.5 Å². The van der Waals surface area contributed by atoms with Gasteiger partial charge in [0.25, 0.3) is 0 Å². The number of amides is 2. The number of carbonyl (C=O) groups excluding carboxylic acids is 2. The van der Waals surface area contributed by atoms with Crippen molar-refractivity contribution in [3.05, 3.63) is 65.9 Å². The SMILES string of the molecule is CCC(=O)N(CCOC)CC(=O)Nc1nc(-c2ccccc2)cn1-c1ccc(C)c(C)c1. The van der Waals surface area contributed by atoms with Crippen LogP contribution in [-0.4, -0.2) is 53.1 Å². The second-order valence-electron chi connectivity index (χ2n) is 7.66. The Hall–Kier alpha value is -3.45. The number of aryl methyl sites for hydroxylation is 2. The molecule has 168 valence electrons. The number of nitrogens with one attached hydrogen (secondary N) is 1. The van der Waals surface area contributed by atoms with Crippen LogP contribution in [0, 0.1) is 13.8 Å². The summed E-state index contributed by atoms with van der Waals surface area (Å²) in [6.07, 6.45) is 2.24. The molecule has 0 aliphatic carbocycles. The van der Waals surface area contributed by atoms with Gasteiger partial charge in [-0.15, -0.1) is 0 Å². The predicted molar refractivity (Wildman–Crippen MR) is 126 cm³/mol. The van der Waals surface area contributed by atoms with E-state index in [0.717, 1.165) is 22.5 Å². The van der Waals surface area contributed by atoms with Crippen LogP contribution in [0.5, 0.6) is 0 Å². The van der Waals surface area contributed by atoms with Crippen LogP contribution >= 0.6 is 0 Å². The maximum Gasteiger partial charge on any atom is 0.246 e. The Morgan fingerprint density at radius 3 is 2.50 bits per heavy atom. The number of imidazole rings is 1. The third kappa shape index (κ3) is 5.62. The van der Waals surface area contributed by atoms with E-state index in [9.17, 15) is 9.59 Å². The highest BCUT2D eigenvalue weighted by molar-refractivity contribution is 5.93. The molecule has 0 aliphatic rings. The maximum absolute atomic E-state index is 12.9. The Morgan fingerprint density at radius 2 is 1.84 bits per heavy atom. The molecule has 7 nitrogen and oxygen atoms in total. The molecule has 0 aliphatic heterocycles. The molecule has 1 aromatic heterocycles. The summed E-state index contributed by atoms with van der Waals surface area (Å²) in [7, 11) is 1.57. The zero-order valence-corrected chi connectivity index (χ0v) is 19.1. The monoisotopic (exact) mass is 434 g/mol. The van der Waals surface area contributed by atoms with Crippen LogP contribution in [0.4, 0.5) is 5.95 Å². The number of anilines is 1. The average molecular weight is 435 g/mol. The number of nitrogens with zero attached hydrogens (tertiary/aromatic N) is 3. The summed E-state index contributed by atoms with van der Waals surface area (Å²) >= 11 is 0. The first kappa shape index (κ1) is 23.2. The van der Waals surface area contributed by atoms with Crippen molar-refractivity contribution in [2.75, 3.05) is 32.1 Å². The molecule has 1 N–H and O–H groups in total. The van der Waals surface area contributed by atoms with Crippen LogP contribution in [0.2, 0.25) is 0 Å². The highest BCUT2D eigenvalue weighted by atomic mass is 16.5. The Morgan fingerprint density at radius 1 is 1.09 bits per heavy atom. The molecular formula is C25H30N4O3. The lowest BCUT2D eigenvalue weighted by molar-refractivity contribution is -0.135. The summed E-state index contributed by atoms with van der Waals surface area (Å²) in [6, 6.07) is 15.9. The van der Waals surface area contributed by atoms with Crippen molar-refractivity contribution in [3.8, 4) is 16.9 Å². The number of rotatable bonds is 9. The molecular weight excluding hydrogens is 404 g/mol. The number of hydrogen-bond donors (Lipinski definition) is 1. The van der Waals surface area contributed by atoms with Gasteiger partial charge in [-0.05, 0) is 37.1 Å². The molecule has 0 fully saturated rings. The minimum absolute atomic E-state index is 0.0590. The Labute approximate surface area is 189 Å². The van der Waals surface area contributed by atoms with Crippen LogP contribution in [-0.2, 0) is 14.3 Å². The number of carbonyl (C=O) groups is 2. The number of methoxy groups -OCH3 is 1. The van der Waals surface area contributed by atoms with E-state index in [4.69, 9.17) is 4.74 Å². The molecule has 0 saturated heterocycles. The van der Waals surface area contributed by atoms with E-state index >= 15 is 0 Å². The molecule has 0 radical (unpaired) electrons. The van der Waals surface area contributed by atoms with Crippen LogP contribution < -0.4 is 5.32 Å². The van der Waals surface area contributed by atoms with Gasteiger partial charge in [-0.2, -0.15) is 0 Å². The average Bonchev–Trinajstić information content (AvgIpc) is 3.22. The van der Waals surface area contributed by atoms with Crippen LogP contribution in [0.15, 0.2) is 54.7 Å². The molecule has 0 atom stereocenters. The Bertz CT molecular complexity index is 1080. The maximum atomic E-state index is 12.9. The third-order valence-corrected chi connectivity index (χ3v) is 5.35. The van der Waals surface area contributed by atoms with Gasteiger partial charge in [0.15, 0.2) is 0 Å². The van der Waals surface area contributed by atoms with Crippen molar-refractivity contribution in [1.29, 1.82) is 0 Å². The van der Waals surface area contributed by atoms with Crippen molar-refractivity contribution >= 4 is 17.8 Å². The van der Waals surface area contributed by atoms with Gasteiger partial charge in [0, 0.05) is 37.5 Å². The summed E-state index contributed by atoms with van der Waals surface area (Å²) in [5, 5.41) is 2.90. The van der Waals surface area contributed by atoms with Crippen molar-refractivity contribution < 1.29 is 14.3 Å². The minimum Gasteiger partial charge on any atom is -0.383 e. The molecule has 7 heteroatoms. The van der Waals surface area contributed by atoms with E-state index in [1.807, 2.05) is 53.2 Å². The van der Waals surface area contributed by atoms with Gasteiger partial charge in [0.1, 0.15) is 6.54 Å². The van der Waals surface area contributed by atoms with Crippen molar-refractivity contribution in [2.45, 2.75) is 27.2 Å². The molecule has 32 heavy (non-hydrogen) atoms. The fourth-order valence-corrected chi connectivity index (χ4v) is 3.34. The van der Waals surface area contributed by atoms with E-state index in [1.54, 1.807) is 14.0 Å². The number of benzene rings is 2. The normalized spacial score (nSPS) is 10.8. The Kier molecular flexibility index (Phi) is 7.78. The first-order chi connectivity index (χ1) is 15.4. The molecule has 0 bridgehead atoms. The fraction of sp³-hybridized carbons (Fsp3) is 0.320. The van der Waals surface area contributed by atoms with Gasteiger partial charge in [0.2, 0.25) is 17.8 Å². The van der Waals surface area contributed by atoms with Crippen molar-refractivity contribution in [2.24, 2.45) is 0 Å². The molecule has 3 aromatic rings. The van der Waals surface area contributed by atoms with E-state index in [2.05, 4.69) is 30.2 Å². The van der Waals surface area contributed by atoms with Crippen LogP contribution in [0.3, 0.4) is 0 Å². The Balaban J connectivity index is 1.91. The second kappa shape index (κ2) is 10.7. The summed E-state index contributed by atoms with van der Waals surface area (Å²) in [5.41, 5.74) is 4.94. The molecule has 2 aromatic carbocycles.